The van der Waals surface area contributed by atoms with E-state index in [9.17, 15) is 4.79 Å². The minimum atomic E-state index is 0.0153. The van der Waals surface area contributed by atoms with Crippen LogP contribution in [0.3, 0.4) is 0 Å². The number of hydrogen-bond donors (Lipinski definition) is 1. The van der Waals surface area contributed by atoms with E-state index < -0.39 is 0 Å². The lowest BCUT2D eigenvalue weighted by atomic mass is 10.2. The minimum Gasteiger partial charge on any atom is -0.492 e. The first-order chi connectivity index (χ1) is 7.76. The second kappa shape index (κ2) is 4.43. The van der Waals surface area contributed by atoms with Gasteiger partial charge < -0.3 is 15.0 Å². The van der Waals surface area contributed by atoms with E-state index in [1.807, 2.05) is 36.9 Å². The Morgan fingerprint density at radius 1 is 1.44 bits per heavy atom. The van der Waals surface area contributed by atoms with Crippen molar-refractivity contribution in [2.45, 2.75) is 13.8 Å². The van der Waals surface area contributed by atoms with Crippen LogP contribution in [0.2, 0.25) is 0 Å². The fraction of sp³-hybridized carbons (Fsp3) is 0.417. The van der Waals surface area contributed by atoms with E-state index in [2.05, 4.69) is 5.32 Å². The van der Waals surface area contributed by atoms with Crippen molar-refractivity contribution < 1.29 is 9.53 Å². The van der Waals surface area contributed by atoms with Gasteiger partial charge in [-0.1, -0.05) is 6.07 Å². The Hall–Kier alpha value is -1.71. The third kappa shape index (κ3) is 1.83. The largest absolute Gasteiger partial charge is 0.492 e. The lowest BCUT2D eigenvalue weighted by Crippen LogP contribution is -2.38. The minimum absolute atomic E-state index is 0.0153. The Labute approximate surface area is 95.2 Å². The summed E-state index contributed by atoms with van der Waals surface area (Å²) in [4.78, 5) is 13.6. The smallest absolute Gasteiger partial charge is 0.244 e. The maximum atomic E-state index is 11.5. The average Bonchev–Trinajstić information content (AvgIpc) is 2.29. The summed E-state index contributed by atoms with van der Waals surface area (Å²) in [7, 11) is 0. The van der Waals surface area contributed by atoms with Gasteiger partial charge in [0.05, 0.1) is 18.8 Å². The number of benzene rings is 1. The number of hydrogen-bond acceptors (Lipinski definition) is 3. The molecule has 4 nitrogen and oxygen atoms in total. The van der Waals surface area contributed by atoms with Crippen molar-refractivity contribution in [1.29, 1.82) is 0 Å². The maximum Gasteiger partial charge on any atom is 0.244 e. The molecule has 0 saturated carbocycles. The van der Waals surface area contributed by atoms with Crippen LogP contribution in [-0.4, -0.2) is 25.6 Å². The monoisotopic (exact) mass is 220 g/mol. The fourth-order valence-electron chi connectivity index (χ4n) is 1.90. The predicted octanol–water partition coefficient (Wildman–Crippen LogP) is 1.86. The van der Waals surface area contributed by atoms with E-state index in [0.717, 1.165) is 23.7 Å². The van der Waals surface area contributed by atoms with Gasteiger partial charge in [-0.15, -0.1) is 0 Å². The molecule has 86 valence electrons. The second-order valence-corrected chi connectivity index (χ2v) is 3.65. The molecule has 0 saturated heterocycles. The van der Waals surface area contributed by atoms with Crippen LogP contribution >= 0.6 is 0 Å². The van der Waals surface area contributed by atoms with Crippen molar-refractivity contribution >= 4 is 17.3 Å². The molecule has 4 heteroatoms. The number of rotatable bonds is 3. The van der Waals surface area contributed by atoms with Crippen molar-refractivity contribution in [3.8, 4) is 5.75 Å². The summed E-state index contributed by atoms with van der Waals surface area (Å²) in [6.07, 6.45) is 0. The first kappa shape index (κ1) is 10.8. The highest BCUT2D eigenvalue weighted by molar-refractivity contribution is 6.02. The zero-order chi connectivity index (χ0) is 11.5. The highest BCUT2D eigenvalue weighted by atomic mass is 16.5. The lowest BCUT2D eigenvalue weighted by molar-refractivity contribution is -0.115. The number of amides is 1. The number of carbonyl (C=O) groups excluding carboxylic acids is 1. The van der Waals surface area contributed by atoms with Crippen molar-refractivity contribution in [3.63, 3.8) is 0 Å². The van der Waals surface area contributed by atoms with Gasteiger partial charge in [-0.2, -0.15) is 0 Å². The van der Waals surface area contributed by atoms with Crippen LogP contribution in [0.5, 0.6) is 5.75 Å². The quantitative estimate of drug-likeness (QED) is 0.845. The molecule has 1 aromatic rings. The molecule has 0 spiro atoms. The Morgan fingerprint density at radius 2 is 2.25 bits per heavy atom. The average molecular weight is 220 g/mol. The van der Waals surface area contributed by atoms with Crippen LogP contribution in [0, 0.1) is 0 Å². The Bertz CT molecular complexity index is 404. The summed E-state index contributed by atoms with van der Waals surface area (Å²) in [6.45, 7) is 5.80. The second-order valence-electron chi connectivity index (χ2n) is 3.65. The van der Waals surface area contributed by atoms with Crippen LogP contribution in [0.15, 0.2) is 18.2 Å². The number of fused-ring (bicyclic) bond motifs is 1. The summed E-state index contributed by atoms with van der Waals surface area (Å²) >= 11 is 0. The van der Waals surface area contributed by atoms with Gasteiger partial charge in [-0.3, -0.25) is 4.79 Å². The standard InChI is InChI=1S/C12H16N2O2/c1-3-14-8-11(15)13-12-9(14)6-5-7-10(12)16-4-2/h5-7H,3-4,8H2,1-2H3,(H,13,15). The molecule has 1 heterocycles. The molecule has 1 aliphatic rings. The number of ether oxygens (including phenoxy) is 1. The zero-order valence-electron chi connectivity index (χ0n) is 9.62. The van der Waals surface area contributed by atoms with E-state index in [-0.39, 0.29) is 5.91 Å². The molecule has 0 aliphatic carbocycles. The number of nitrogens with one attached hydrogen (secondary N) is 1. The normalized spacial score (nSPS) is 14.4. The molecule has 1 amide bonds. The van der Waals surface area contributed by atoms with Crippen molar-refractivity contribution in [2.24, 2.45) is 0 Å². The van der Waals surface area contributed by atoms with Gasteiger partial charge >= 0.3 is 0 Å². The van der Waals surface area contributed by atoms with E-state index >= 15 is 0 Å². The van der Waals surface area contributed by atoms with Crippen molar-refractivity contribution in [2.75, 3.05) is 29.9 Å². The van der Waals surface area contributed by atoms with Crippen LogP contribution in [-0.2, 0) is 4.79 Å². The molecule has 0 unspecified atom stereocenters. The number of para-hydroxylation sites is 1. The third-order valence-electron chi connectivity index (χ3n) is 2.63. The molecule has 0 radical (unpaired) electrons. The van der Waals surface area contributed by atoms with Gasteiger partial charge in [0.2, 0.25) is 5.91 Å². The first-order valence-corrected chi connectivity index (χ1v) is 5.56. The highest BCUT2D eigenvalue weighted by Crippen LogP contribution is 2.37. The molecule has 1 aliphatic heterocycles. The van der Waals surface area contributed by atoms with Gasteiger partial charge in [0.1, 0.15) is 11.4 Å². The maximum absolute atomic E-state index is 11.5. The SMILES string of the molecule is CCOc1cccc2c1NC(=O)CN2CC. The number of nitrogens with zero attached hydrogens (tertiary/aromatic N) is 1. The molecule has 16 heavy (non-hydrogen) atoms. The van der Waals surface area contributed by atoms with Crippen LogP contribution in [0.1, 0.15) is 13.8 Å². The molecular formula is C12H16N2O2. The van der Waals surface area contributed by atoms with Gasteiger partial charge in [0.15, 0.2) is 0 Å². The van der Waals surface area contributed by atoms with Gasteiger partial charge in [-0.25, -0.2) is 0 Å². The molecule has 0 fully saturated rings. The Balaban J connectivity index is 2.43. The van der Waals surface area contributed by atoms with E-state index in [4.69, 9.17) is 4.74 Å². The summed E-state index contributed by atoms with van der Waals surface area (Å²) in [6, 6.07) is 5.83. The summed E-state index contributed by atoms with van der Waals surface area (Å²) in [5.41, 5.74) is 1.83. The predicted molar refractivity (Wildman–Crippen MR) is 64.1 cm³/mol. The van der Waals surface area contributed by atoms with Crippen LogP contribution < -0.4 is 15.0 Å². The van der Waals surface area contributed by atoms with Crippen molar-refractivity contribution in [1.82, 2.24) is 0 Å². The number of carbonyl (C=O) groups is 1. The molecular weight excluding hydrogens is 204 g/mol. The molecule has 0 bridgehead atoms. The zero-order valence-corrected chi connectivity index (χ0v) is 9.62. The number of likely N-dealkylation sites (N-methyl/N-ethyl adjacent to an activating group) is 1. The first-order valence-electron chi connectivity index (χ1n) is 5.56. The fourth-order valence-corrected chi connectivity index (χ4v) is 1.90. The Kier molecular flexibility index (Phi) is 2.99. The van der Waals surface area contributed by atoms with E-state index in [0.29, 0.717) is 13.2 Å². The highest BCUT2D eigenvalue weighted by Gasteiger charge is 2.23. The summed E-state index contributed by atoms with van der Waals surface area (Å²) in [5.74, 6) is 0.757. The topological polar surface area (TPSA) is 41.6 Å². The molecule has 1 aromatic carbocycles. The van der Waals surface area contributed by atoms with E-state index in [1.54, 1.807) is 0 Å². The van der Waals surface area contributed by atoms with E-state index in [1.165, 1.54) is 0 Å². The Morgan fingerprint density at radius 3 is 2.94 bits per heavy atom. The lowest BCUT2D eigenvalue weighted by Gasteiger charge is -2.30. The number of anilines is 2. The van der Waals surface area contributed by atoms with Gasteiger partial charge in [0.25, 0.3) is 0 Å². The molecule has 0 aromatic heterocycles. The van der Waals surface area contributed by atoms with Crippen molar-refractivity contribution in [3.05, 3.63) is 18.2 Å². The molecule has 2 rings (SSSR count). The van der Waals surface area contributed by atoms with Gasteiger partial charge in [0, 0.05) is 6.54 Å². The molecule has 0 atom stereocenters. The van der Waals surface area contributed by atoms with Crippen LogP contribution in [0.4, 0.5) is 11.4 Å². The summed E-state index contributed by atoms with van der Waals surface area (Å²) < 4.78 is 5.50. The molecule has 1 N–H and O–H groups in total. The third-order valence-corrected chi connectivity index (χ3v) is 2.63. The van der Waals surface area contributed by atoms with Crippen LogP contribution in [0.25, 0.3) is 0 Å². The summed E-state index contributed by atoms with van der Waals surface area (Å²) in [5, 5.41) is 2.87. The van der Waals surface area contributed by atoms with Gasteiger partial charge in [-0.05, 0) is 26.0 Å².